The molecule has 0 bridgehead atoms. The highest BCUT2D eigenvalue weighted by atomic mass is 16.5. The van der Waals surface area contributed by atoms with Gasteiger partial charge in [0.1, 0.15) is 0 Å². The van der Waals surface area contributed by atoms with E-state index in [1.54, 1.807) is 7.11 Å². The van der Waals surface area contributed by atoms with Gasteiger partial charge in [-0.3, -0.25) is 0 Å². The largest absolute Gasteiger partial charge is 0.380 e. The Labute approximate surface area is 103 Å². The van der Waals surface area contributed by atoms with E-state index in [2.05, 4.69) is 41.6 Å². The van der Waals surface area contributed by atoms with Crippen LogP contribution in [-0.4, -0.2) is 12.0 Å². The fourth-order valence-electron chi connectivity index (χ4n) is 1.72. The molecule has 0 radical (unpaired) electrons. The molecular formula is C15H17NO. The highest BCUT2D eigenvalue weighted by molar-refractivity contribution is 5.23. The molecule has 88 valence electrons. The van der Waals surface area contributed by atoms with Crippen molar-refractivity contribution < 1.29 is 4.74 Å². The molecule has 1 heterocycles. The van der Waals surface area contributed by atoms with Gasteiger partial charge in [-0.1, -0.05) is 36.4 Å². The molecule has 17 heavy (non-hydrogen) atoms. The second-order valence-corrected chi connectivity index (χ2v) is 3.99. The van der Waals surface area contributed by atoms with Gasteiger partial charge in [0.2, 0.25) is 0 Å². The summed E-state index contributed by atoms with van der Waals surface area (Å²) in [5, 5.41) is 0. The molecule has 0 amide bonds. The Balaban J connectivity index is 1.99. The van der Waals surface area contributed by atoms with Gasteiger partial charge in [0.15, 0.2) is 0 Å². The number of hydrogen-bond donors (Lipinski definition) is 0. The molecule has 0 fully saturated rings. The van der Waals surface area contributed by atoms with Crippen molar-refractivity contribution in [2.75, 3.05) is 7.11 Å². The summed E-state index contributed by atoms with van der Waals surface area (Å²) in [6.45, 7) is 1.57. The van der Waals surface area contributed by atoms with E-state index >= 15 is 0 Å². The molecule has 0 N–H and O–H groups in total. The lowest BCUT2D eigenvalue weighted by Crippen LogP contribution is -2.08. The number of rotatable bonds is 4. The Morgan fingerprint density at radius 2 is 1.47 bits per heavy atom. The minimum atomic E-state index is 0.674. The Bertz CT molecular complexity index is 413. The van der Waals surface area contributed by atoms with Gasteiger partial charge in [0, 0.05) is 26.1 Å². The zero-order valence-electron chi connectivity index (χ0n) is 10.0. The van der Waals surface area contributed by atoms with Crippen LogP contribution in [0.15, 0.2) is 61.0 Å². The summed E-state index contributed by atoms with van der Waals surface area (Å²) in [4.78, 5) is 2.16. The lowest BCUT2D eigenvalue weighted by atomic mass is 10.1. The van der Waals surface area contributed by atoms with Crippen molar-refractivity contribution in [1.82, 2.24) is 4.90 Å². The van der Waals surface area contributed by atoms with Crippen LogP contribution in [0.3, 0.4) is 0 Å². The molecule has 0 atom stereocenters. The van der Waals surface area contributed by atoms with E-state index in [1.165, 1.54) is 11.1 Å². The Morgan fingerprint density at radius 1 is 0.882 bits per heavy atom. The summed E-state index contributed by atoms with van der Waals surface area (Å²) in [7, 11) is 1.72. The first-order valence-corrected chi connectivity index (χ1v) is 5.72. The van der Waals surface area contributed by atoms with Crippen LogP contribution in [0.2, 0.25) is 0 Å². The van der Waals surface area contributed by atoms with E-state index in [-0.39, 0.29) is 0 Å². The van der Waals surface area contributed by atoms with E-state index < -0.39 is 0 Å². The quantitative estimate of drug-likeness (QED) is 0.783. The standard InChI is InChI=1S/C15H17NO/c1-17-13-15-8-6-14(7-9-15)12-16-10-4-2-3-5-11-16/h2-11H,12-13H2,1H3. The molecule has 1 aliphatic heterocycles. The normalized spacial score (nSPS) is 14.1. The van der Waals surface area contributed by atoms with Crippen LogP contribution in [0.1, 0.15) is 11.1 Å². The summed E-state index contributed by atoms with van der Waals surface area (Å²) < 4.78 is 5.09. The first-order chi connectivity index (χ1) is 8.38. The molecule has 1 aromatic rings. The average Bonchev–Trinajstić information content (AvgIpc) is 2.61. The van der Waals surface area contributed by atoms with Gasteiger partial charge in [-0.15, -0.1) is 0 Å². The first kappa shape index (κ1) is 11.7. The van der Waals surface area contributed by atoms with Crippen LogP contribution < -0.4 is 0 Å². The van der Waals surface area contributed by atoms with Crippen molar-refractivity contribution in [1.29, 1.82) is 0 Å². The molecule has 2 heteroatoms. The molecule has 2 nitrogen and oxygen atoms in total. The highest BCUT2D eigenvalue weighted by Gasteiger charge is 1.99. The fraction of sp³-hybridized carbons (Fsp3) is 0.200. The van der Waals surface area contributed by atoms with E-state index in [0.29, 0.717) is 6.61 Å². The molecule has 2 rings (SSSR count). The Kier molecular flexibility index (Phi) is 4.17. The van der Waals surface area contributed by atoms with E-state index in [1.807, 2.05) is 24.3 Å². The SMILES string of the molecule is COCc1ccc(CN2C=CC=CC=C2)cc1. The molecule has 0 aromatic heterocycles. The number of hydrogen-bond acceptors (Lipinski definition) is 2. The van der Waals surface area contributed by atoms with Crippen molar-refractivity contribution in [2.24, 2.45) is 0 Å². The molecular weight excluding hydrogens is 210 g/mol. The average molecular weight is 227 g/mol. The van der Waals surface area contributed by atoms with Crippen molar-refractivity contribution in [3.8, 4) is 0 Å². The zero-order valence-corrected chi connectivity index (χ0v) is 10.0. The number of benzene rings is 1. The maximum Gasteiger partial charge on any atom is 0.0713 e. The molecule has 0 saturated carbocycles. The summed E-state index contributed by atoms with van der Waals surface area (Å²) in [5.41, 5.74) is 2.50. The lowest BCUT2D eigenvalue weighted by molar-refractivity contribution is 0.185. The summed E-state index contributed by atoms with van der Waals surface area (Å²) in [5.74, 6) is 0. The van der Waals surface area contributed by atoms with Gasteiger partial charge in [0.25, 0.3) is 0 Å². The number of ether oxygens (including phenoxy) is 1. The maximum atomic E-state index is 5.09. The second kappa shape index (κ2) is 6.06. The van der Waals surface area contributed by atoms with Crippen molar-refractivity contribution >= 4 is 0 Å². The summed E-state index contributed by atoms with van der Waals surface area (Å²) >= 11 is 0. The van der Waals surface area contributed by atoms with Crippen molar-refractivity contribution in [3.63, 3.8) is 0 Å². The van der Waals surface area contributed by atoms with Gasteiger partial charge >= 0.3 is 0 Å². The minimum Gasteiger partial charge on any atom is -0.380 e. The first-order valence-electron chi connectivity index (χ1n) is 5.72. The Morgan fingerprint density at radius 3 is 2.06 bits per heavy atom. The van der Waals surface area contributed by atoms with Crippen LogP contribution in [0.5, 0.6) is 0 Å². The number of nitrogens with zero attached hydrogens (tertiary/aromatic N) is 1. The molecule has 0 saturated heterocycles. The van der Waals surface area contributed by atoms with Crippen LogP contribution in [0.4, 0.5) is 0 Å². The van der Waals surface area contributed by atoms with Crippen LogP contribution in [0, 0.1) is 0 Å². The number of allylic oxidation sites excluding steroid dienone is 4. The van der Waals surface area contributed by atoms with Gasteiger partial charge in [-0.2, -0.15) is 0 Å². The van der Waals surface area contributed by atoms with Crippen LogP contribution >= 0.6 is 0 Å². The minimum absolute atomic E-state index is 0.674. The second-order valence-electron chi connectivity index (χ2n) is 3.99. The predicted octanol–water partition coefficient (Wildman–Crippen LogP) is 3.23. The van der Waals surface area contributed by atoms with Gasteiger partial charge < -0.3 is 9.64 Å². The van der Waals surface area contributed by atoms with E-state index in [9.17, 15) is 0 Å². The third-order valence-electron chi connectivity index (χ3n) is 2.59. The van der Waals surface area contributed by atoms with Gasteiger partial charge in [0.05, 0.1) is 6.61 Å². The van der Waals surface area contributed by atoms with Crippen molar-refractivity contribution in [3.05, 3.63) is 72.1 Å². The molecule has 1 aromatic carbocycles. The summed E-state index contributed by atoms with van der Waals surface area (Å²) in [6.07, 6.45) is 12.3. The van der Waals surface area contributed by atoms with Crippen LogP contribution in [-0.2, 0) is 17.9 Å². The van der Waals surface area contributed by atoms with Gasteiger partial charge in [-0.25, -0.2) is 0 Å². The molecule has 0 unspecified atom stereocenters. The number of methoxy groups -OCH3 is 1. The third kappa shape index (κ3) is 3.61. The fourth-order valence-corrected chi connectivity index (χ4v) is 1.72. The monoisotopic (exact) mass is 227 g/mol. The van der Waals surface area contributed by atoms with E-state index in [0.717, 1.165) is 6.54 Å². The predicted molar refractivity (Wildman–Crippen MR) is 70.1 cm³/mol. The molecule has 0 spiro atoms. The summed E-state index contributed by atoms with van der Waals surface area (Å²) in [6, 6.07) is 8.52. The van der Waals surface area contributed by atoms with Crippen molar-refractivity contribution in [2.45, 2.75) is 13.2 Å². The topological polar surface area (TPSA) is 12.5 Å². The lowest BCUT2D eigenvalue weighted by Gasteiger charge is -2.14. The van der Waals surface area contributed by atoms with Gasteiger partial charge in [-0.05, 0) is 23.3 Å². The molecule has 0 aliphatic carbocycles. The highest BCUT2D eigenvalue weighted by Crippen LogP contribution is 2.10. The third-order valence-corrected chi connectivity index (χ3v) is 2.59. The smallest absolute Gasteiger partial charge is 0.0713 e. The maximum absolute atomic E-state index is 5.09. The zero-order chi connectivity index (χ0) is 11.9. The van der Waals surface area contributed by atoms with Crippen LogP contribution in [0.25, 0.3) is 0 Å². The molecule has 1 aliphatic rings. The van der Waals surface area contributed by atoms with E-state index in [4.69, 9.17) is 4.74 Å². The Hall–Kier alpha value is -1.80.